The molecular formula is C100H118Br4O7S. The predicted octanol–water partition coefficient (Wildman–Crippen LogP) is 27.8. The van der Waals surface area contributed by atoms with Gasteiger partial charge in [0.25, 0.3) is 0 Å². The number of halogens is 4. The minimum Gasteiger partial charge on any atom is -0.487 e. The summed E-state index contributed by atoms with van der Waals surface area (Å²) in [5, 5.41) is 0. The van der Waals surface area contributed by atoms with E-state index >= 15 is 0 Å². The zero-order chi connectivity index (χ0) is 81.7. The van der Waals surface area contributed by atoms with Gasteiger partial charge in [0.15, 0.2) is 6.29 Å². The molecule has 6 aliphatic heterocycles. The van der Waals surface area contributed by atoms with Crippen molar-refractivity contribution in [2.75, 3.05) is 6.26 Å². The van der Waals surface area contributed by atoms with E-state index in [1.165, 1.54) is 182 Å². The standard InChI is InChI=1S/C19H22O.C18H20O.C16H19BrO.C15H17BrO.C14H15BrO2.C13H15BrO.C2H4.C2H2.CH4S/c1-4-5-13-10-15(14-6-7-14)17-16(11-13)18(2,3)12-19(20-17)8-9-19;1-4-12-9-14(13-5-6-13)16-15(10-12)17(2,3)11-18(19-16)7-8-18;1-15(2)9-16(5-6-16)18-14-12(10-3-4-10)7-11(17)8-13(14)15;1-4-10-7-11(16)8-12-13(10)17-15(5-6-15)9-14(12,2)3;1-13(2)8-14(3-4-14)17-12-9(7-16)5-10(15)6-11(12)13;1-12(2)8-13(5-6-13)15-11-4-3-9(14)7-10(11)12;3*1-2/h10-11,14H,6-9,12H2,1-3H3;1,9-10,13H,5-8,11H2,2-3H3;7-8,10H,3-6,9H2,1-2H3;4,7-8H,1,5-6,9H2,2-3H3;5-7H,3-4,8H2,1-2H3;3-4,7H,5-6,8H2,1-2H3;1-2H2;1-2H;2H,1H3/i;;;;;;;1T;. The molecule has 0 radical (unpaired) electrons. The van der Waals surface area contributed by atoms with Crippen LogP contribution in [0, 0.1) is 37.0 Å². The molecule has 0 N–H and O–H groups in total. The molecule has 21 rings (SSSR count). The Bertz CT molecular complexity index is 4750. The van der Waals surface area contributed by atoms with Gasteiger partial charge >= 0.3 is 0 Å². The molecule has 0 bridgehead atoms. The summed E-state index contributed by atoms with van der Waals surface area (Å²) in [4.78, 5) is 11.2. The average molecular weight is 1790 g/mol. The zero-order valence-electron chi connectivity index (χ0n) is 70.0. The maximum absolute atomic E-state index is 11.2. The molecule has 9 aliphatic carbocycles. The van der Waals surface area contributed by atoms with Gasteiger partial charge < -0.3 is 28.4 Å². The first-order valence-corrected chi connectivity index (χ1v) is 45.1. The molecule has 0 aromatic heterocycles. The monoisotopic (exact) mass is 1780 g/mol. The number of aldehydes is 1. The van der Waals surface area contributed by atoms with Crippen molar-refractivity contribution < 1.29 is 34.6 Å². The van der Waals surface area contributed by atoms with E-state index < -0.39 is 0 Å². The van der Waals surface area contributed by atoms with Gasteiger partial charge in [0.1, 0.15) is 69.5 Å². The number of fused-ring (bicyclic) bond motifs is 6. The van der Waals surface area contributed by atoms with E-state index in [0.717, 1.165) is 110 Å². The first-order chi connectivity index (χ1) is 53.4. The number of carbonyl (C=O) groups is 1. The molecule has 0 amide bonds. The van der Waals surface area contributed by atoms with Crippen LogP contribution in [0.15, 0.2) is 116 Å². The lowest BCUT2D eigenvalue weighted by Crippen LogP contribution is -2.36. The lowest BCUT2D eigenvalue weighted by atomic mass is 9.75. The second kappa shape index (κ2) is 30.9. The molecule has 6 aromatic rings. The van der Waals surface area contributed by atoms with Crippen LogP contribution >= 0.6 is 76.3 Å². The normalized spacial score (nSPS) is 23.3. The zero-order valence-corrected chi connectivity index (χ0v) is 76.2. The summed E-state index contributed by atoms with van der Waals surface area (Å²) < 4.78 is 47.9. The topological polar surface area (TPSA) is 72.5 Å². The smallest absolute Gasteiger partial charge is 0.153 e. The van der Waals surface area contributed by atoms with Crippen LogP contribution in [0.3, 0.4) is 0 Å². The van der Waals surface area contributed by atoms with Crippen LogP contribution < -0.4 is 28.4 Å². The third-order valence-electron chi connectivity index (χ3n) is 26.0. The molecule has 6 spiro atoms. The lowest BCUT2D eigenvalue weighted by molar-refractivity contribution is 0.104. The van der Waals surface area contributed by atoms with Crippen molar-refractivity contribution in [3.8, 4) is 71.5 Å². The van der Waals surface area contributed by atoms with Gasteiger partial charge in [-0.1, -0.05) is 171 Å². The second-order valence-electron chi connectivity index (χ2n) is 38.9. The number of ether oxygens (including phenoxy) is 6. The third kappa shape index (κ3) is 17.9. The van der Waals surface area contributed by atoms with E-state index in [-0.39, 0.29) is 66.1 Å². The number of thiol groups is 1. The number of hydrogen-bond acceptors (Lipinski definition) is 8. The molecule has 9 fully saturated rings. The molecule has 6 heterocycles. The van der Waals surface area contributed by atoms with E-state index in [0.29, 0.717) is 17.4 Å². The Morgan fingerprint density at radius 3 is 1.04 bits per heavy atom. The molecule has 15 aliphatic rings. The number of hydrogen-bond donors (Lipinski definition) is 1. The maximum atomic E-state index is 11.2. The van der Waals surface area contributed by atoms with Crippen LogP contribution in [0.5, 0.6) is 34.5 Å². The summed E-state index contributed by atoms with van der Waals surface area (Å²) in [7, 11) is 0. The fourth-order valence-corrected chi connectivity index (χ4v) is 21.2. The molecule has 594 valence electrons. The van der Waals surface area contributed by atoms with Crippen LogP contribution in [-0.4, -0.2) is 46.1 Å². The van der Waals surface area contributed by atoms with Gasteiger partial charge in [-0.15, -0.1) is 38.3 Å². The summed E-state index contributed by atoms with van der Waals surface area (Å²) >= 11 is 17.8. The minimum atomic E-state index is 0.0160. The molecule has 9 saturated carbocycles. The molecule has 0 saturated heterocycles. The minimum absolute atomic E-state index is 0.0160. The predicted molar refractivity (Wildman–Crippen MR) is 479 cm³/mol. The second-order valence-corrected chi connectivity index (χ2v) is 42.5. The summed E-state index contributed by atoms with van der Waals surface area (Å²) in [6, 6.07) is 28.0. The molecule has 0 atom stereocenters. The Hall–Kier alpha value is -5.78. The van der Waals surface area contributed by atoms with Gasteiger partial charge in [0.05, 0.1) is 5.56 Å². The number of terminal acetylenes is 2. The fraction of sp³-hybridized carbons (Fsp3) is 0.530. The van der Waals surface area contributed by atoms with E-state index in [9.17, 15) is 4.79 Å². The van der Waals surface area contributed by atoms with Crippen LogP contribution in [0.4, 0.5) is 0 Å². The molecule has 112 heavy (non-hydrogen) atoms. The number of benzene rings is 6. The Kier molecular flexibility index (Phi) is 22.9. The molecule has 0 unspecified atom stereocenters. The quantitative estimate of drug-likeness (QED) is 0.0798. The third-order valence-corrected chi connectivity index (χ3v) is 27.9. The highest BCUT2D eigenvalue weighted by atomic mass is 79.9. The highest BCUT2D eigenvalue weighted by Crippen LogP contribution is 2.64. The fourth-order valence-electron chi connectivity index (χ4n) is 19.4. The highest BCUT2D eigenvalue weighted by Gasteiger charge is 2.59. The first-order valence-electron chi connectivity index (χ1n) is 41.5. The molecule has 7 nitrogen and oxygen atoms in total. The summed E-state index contributed by atoms with van der Waals surface area (Å²) in [5.74, 6) is 17.8. The van der Waals surface area contributed by atoms with Crippen LogP contribution in [0.25, 0.3) is 6.08 Å². The van der Waals surface area contributed by atoms with Gasteiger partial charge in [-0.05, 0) is 313 Å². The number of carbonyl (C=O) groups excluding carboxylic acids is 1. The average Bonchev–Trinajstić information content (AvgIpc) is 1.61. The summed E-state index contributed by atoms with van der Waals surface area (Å²) in [6.45, 7) is 39.7. The van der Waals surface area contributed by atoms with Gasteiger partial charge in [-0.25, -0.2) is 0 Å². The van der Waals surface area contributed by atoms with E-state index in [4.69, 9.17) is 36.2 Å². The van der Waals surface area contributed by atoms with Crippen molar-refractivity contribution in [2.24, 2.45) is 0 Å². The molecular weight excluding hydrogens is 1660 g/mol. The van der Waals surface area contributed by atoms with Crippen LogP contribution in [0.2, 0.25) is 0 Å². The van der Waals surface area contributed by atoms with Gasteiger partial charge in [0.2, 0.25) is 0 Å². The van der Waals surface area contributed by atoms with Gasteiger partial charge in [-0.2, -0.15) is 12.6 Å². The first kappa shape index (κ1) is 82.7. The maximum Gasteiger partial charge on any atom is 0.153 e. The van der Waals surface area contributed by atoms with Crippen molar-refractivity contribution in [1.29, 1.82) is 0 Å². The van der Waals surface area contributed by atoms with Crippen molar-refractivity contribution in [2.45, 2.75) is 328 Å². The lowest BCUT2D eigenvalue weighted by Gasteiger charge is -2.39. The largest absolute Gasteiger partial charge is 0.487 e. The van der Waals surface area contributed by atoms with Crippen molar-refractivity contribution in [3.63, 3.8) is 0 Å². The SMILES string of the molecule is C#Cc1cc(C2CC2)c2c(c1)C(C)(C)CC1(CC1)O2.C=C.C=Cc1cc(Br)cc2c1OC1(CC1)CC2(C)C.CC#Cc1cc(C2CC2)c2c(c1)C(C)(C)CC1(CC1)O2.CC1(C)CC2(CC2)Oc2c(C3CC3)cc(Br)cc21.CC1(C)CC2(CC2)Oc2c(C=O)cc(Br)cc21.CC1(C)CC2(CC2)Oc2ccc(Br)cc21.CS.[3H]C#C. The highest BCUT2D eigenvalue weighted by molar-refractivity contribution is 9.11. The van der Waals surface area contributed by atoms with E-state index in [2.05, 4.69) is 276 Å². The number of rotatable bonds is 5. The van der Waals surface area contributed by atoms with Crippen molar-refractivity contribution in [3.05, 3.63) is 189 Å². The van der Waals surface area contributed by atoms with Crippen molar-refractivity contribution >= 4 is 88.7 Å². The van der Waals surface area contributed by atoms with Gasteiger partial charge in [0, 0.05) is 68.0 Å². The molecule has 12 heteroatoms. The van der Waals surface area contributed by atoms with Crippen LogP contribution in [0.1, 0.15) is 340 Å². The summed E-state index contributed by atoms with van der Waals surface area (Å²) in [5.41, 5.74) is 18.1. The summed E-state index contributed by atoms with van der Waals surface area (Å²) in [6.07, 6.45) is 45.0. The van der Waals surface area contributed by atoms with Gasteiger partial charge in [-0.3, -0.25) is 4.79 Å². The Balaban J connectivity index is 0.000000117. The van der Waals surface area contributed by atoms with E-state index in [1.54, 1.807) is 6.26 Å². The van der Waals surface area contributed by atoms with E-state index in [1.807, 2.05) is 19.1 Å². The molecule has 6 aromatic carbocycles. The van der Waals surface area contributed by atoms with Crippen LogP contribution in [-0.2, 0) is 32.5 Å². The van der Waals surface area contributed by atoms with Crippen molar-refractivity contribution in [1.82, 2.24) is 0 Å². The Morgan fingerprint density at radius 1 is 0.420 bits per heavy atom. The Morgan fingerprint density at radius 2 is 0.705 bits per heavy atom. The Labute approximate surface area is 712 Å².